The maximum atomic E-state index is 11.3. The predicted octanol–water partition coefficient (Wildman–Crippen LogP) is 4.02. The fourth-order valence-corrected chi connectivity index (χ4v) is 3.21. The van der Waals surface area contributed by atoms with Crippen LogP contribution in [0.5, 0.6) is 0 Å². The Morgan fingerprint density at radius 3 is 2.78 bits per heavy atom. The standard InChI is InChI=1S/C15H19ClO2/c1-10-6-7-13(15(17)18)12(8-10)9-11-4-2-3-5-14(11)16/h2-5,10,12-13H,6-9H2,1H3,(H,17,18). The molecule has 0 spiro atoms. The summed E-state index contributed by atoms with van der Waals surface area (Å²) in [5.41, 5.74) is 1.07. The Balaban J connectivity index is 2.14. The van der Waals surface area contributed by atoms with Crippen molar-refractivity contribution in [3.05, 3.63) is 34.9 Å². The molecule has 1 aliphatic carbocycles. The average molecular weight is 267 g/mol. The molecule has 0 aromatic heterocycles. The van der Waals surface area contributed by atoms with Gasteiger partial charge in [0.2, 0.25) is 0 Å². The lowest BCUT2D eigenvalue weighted by molar-refractivity contribution is -0.145. The van der Waals surface area contributed by atoms with Gasteiger partial charge in [0, 0.05) is 5.02 Å². The minimum absolute atomic E-state index is 0.211. The van der Waals surface area contributed by atoms with E-state index < -0.39 is 5.97 Å². The maximum absolute atomic E-state index is 11.3. The van der Waals surface area contributed by atoms with Crippen LogP contribution in [0.2, 0.25) is 5.02 Å². The summed E-state index contributed by atoms with van der Waals surface area (Å²) in [5.74, 6) is -0.0318. The molecule has 0 radical (unpaired) electrons. The Morgan fingerprint density at radius 2 is 2.11 bits per heavy atom. The number of carboxylic acid groups (broad SMARTS) is 1. The van der Waals surface area contributed by atoms with Gasteiger partial charge in [-0.25, -0.2) is 0 Å². The molecule has 3 unspecified atom stereocenters. The molecule has 1 N–H and O–H groups in total. The van der Waals surface area contributed by atoms with Crippen molar-refractivity contribution in [3.63, 3.8) is 0 Å². The molecule has 0 bridgehead atoms. The summed E-state index contributed by atoms with van der Waals surface area (Å²) in [6.45, 7) is 2.21. The van der Waals surface area contributed by atoms with Crippen LogP contribution in [0.1, 0.15) is 31.7 Å². The van der Waals surface area contributed by atoms with Gasteiger partial charge in [-0.15, -0.1) is 0 Å². The minimum Gasteiger partial charge on any atom is -0.481 e. The largest absolute Gasteiger partial charge is 0.481 e. The van der Waals surface area contributed by atoms with Crippen molar-refractivity contribution in [2.45, 2.75) is 32.6 Å². The van der Waals surface area contributed by atoms with Crippen molar-refractivity contribution < 1.29 is 9.90 Å². The minimum atomic E-state index is -0.654. The molecule has 3 heteroatoms. The van der Waals surface area contributed by atoms with E-state index in [0.29, 0.717) is 5.92 Å². The lowest BCUT2D eigenvalue weighted by Crippen LogP contribution is -2.31. The van der Waals surface area contributed by atoms with Crippen molar-refractivity contribution in [2.24, 2.45) is 17.8 Å². The van der Waals surface area contributed by atoms with E-state index in [9.17, 15) is 9.90 Å². The van der Waals surface area contributed by atoms with Gasteiger partial charge >= 0.3 is 5.97 Å². The number of carbonyl (C=O) groups is 1. The first-order chi connectivity index (χ1) is 8.58. The summed E-state index contributed by atoms with van der Waals surface area (Å²) in [4.78, 5) is 11.3. The van der Waals surface area contributed by atoms with Crippen LogP contribution < -0.4 is 0 Å². The number of hydrogen-bond acceptors (Lipinski definition) is 1. The second-order valence-corrected chi connectivity index (χ2v) is 5.83. The highest BCUT2D eigenvalue weighted by Gasteiger charge is 2.33. The summed E-state index contributed by atoms with van der Waals surface area (Å²) in [6.07, 6.45) is 3.59. The molecular weight excluding hydrogens is 248 g/mol. The maximum Gasteiger partial charge on any atom is 0.306 e. The Kier molecular flexibility index (Phi) is 4.28. The summed E-state index contributed by atoms with van der Waals surface area (Å²) in [5, 5.41) is 10.1. The normalized spacial score (nSPS) is 28.0. The molecule has 18 heavy (non-hydrogen) atoms. The van der Waals surface area contributed by atoms with Gasteiger partial charge in [-0.2, -0.15) is 0 Å². The van der Waals surface area contributed by atoms with E-state index in [-0.39, 0.29) is 11.8 Å². The van der Waals surface area contributed by atoms with Crippen LogP contribution in [0.15, 0.2) is 24.3 Å². The van der Waals surface area contributed by atoms with E-state index in [4.69, 9.17) is 11.6 Å². The van der Waals surface area contributed by atoms with Gasteiger partial charge in [-0.1, -0.05) is 36.7 Å². The fourth-order valence-electron chi connectivity index (χ4n) is 3.00. The number of carboxylic acids is 1. The first-order valence-corrected chi connectivity index (χ1v) is 6.92. The second kappa shape index (κ2) is 5.75. The van der Waals surface area contributed by atoms with E-state index >= 15 is 0 Å². The molecule has 0 amide bonds. The van der Waals surface area contributed by atoms with E-state index in [1.54, 1.807) is 0 Å². The number of hydrogen-bond donors (Lipinski definition) is 1. The SMILES string of the molecule is CC1CCC(C(=O)O)C(Cc2ccccc2Cl)C1. The second-order valence-electron chi connectivity index (χ2n) is 5.42. The van der Waals surface area contributed by atoms with Crippen LogP contribution in [0.3, 0.4) is 0 Å². The Morgan fingerprint density at radius 1 is 1.39 bits per heavy atom. The van der Waals surface area contributed by atoms with Crippen molar-refractivity contribution in [2.75, 3.05) is 0 Å². The van der Waals surface area contributed by atoms with Gasteiger partial charge in [0.05, 0.1) is 5.92 Å². The van der Waals surface area contributed by atoms with Crippen molar-refractivity contribution >= 4 is 17.6 Å². The topological polar surface area (TPSA) is 37.3 Å². The molecule has 1 aromatic carbocycles. The highest BCUT2D eigenvalue weighted by molar-refractivity contribution is 6.31. The molecule has 2 rings (SSSR count). The highest BCUT2D eigenvalue weighted by atomic mass is 35.5. The fraction of sp³-hybridized carbons (Fsp3) is 0.533. The molecule has 1 saturated carbocycles. The van der Waals surface area contributed by atoms with Crippen molar-refractivity contribution in [1.82, 2.24) is 0 Å². The molecule has 0 saturated heterocycles. The molecule has 98 valence electrons. The van der Waals surface area contributed by atoms with Crippen LogP contribution in [-0.4, -0.2) is 11.1 Å². The molecule has 1 aromatic rings. The molecular formula is C15H19ClO2. The molecule has 0 heterocycles. The first kappa shape index (κ1) is 13.4. The van der Waals surface area contributed by atoms with Gasteiger partial charge < -0.3 is 5.11 Å². The Hall–Kier alpha value is -1.02. The van der Waals surface area contributed by atoms with Crippen LogP contribution in [-0.2, 0) is 11.2 Å². The third-order valence-electron chi connectivity index (χ3n) is 4.00. The lowest BCUT2D eigenvalue weighted by atomic mass is 9.72. The average Bonchev–Trinajstić information content (AvgIpc) is 2.32. The predicted molar refractivity (Wildman–Crippen MR) is 72.8 cm³/mol. The van der Waals surface area contributed by atoms with Crippen LogP contribution >= 0.6 is 11.6 Å². The Labute approximate surface area is 113 Å². The molecule has 0 aliphatic heterocycles. The third-order valence-corrected chi connectivity index (χ3v) is 4.37. The quantitative estimate of drug-likeness (QED) is 0.897. The Bertz CT molecular complexity index is 430. The zero-order valence-corrected chi connectivity index (χ0v) is 11.4. The van der Waals surface area contributed by atoms with E-state index in [1.165, 1.54) is 0 Å². The number of benzene rings is 1. The van der Waals surface area contributed by atoms with Gasteiger partial charge in [-0.05, 0) is 49.1 Å². The summed E-state index contributed by atoms with van der Waals surface area (Å²) >= 11 is 6.16. The molecule has 1 fully saturated rings. The van der Waals surface area contributed by atoms with Crippen molar-refractivity contribution in [3.8, 4) is 0 Å². The van der Waals surface area contributed by atoms with Gasteiger partial charge in [0.1, 0.15) is 0 Å². The van der Waals surface area contributed by atoms with E-state index in [2.05, 4.69) is 6.92 Å². The van der Waals surface area contributed by atoms with Crippen LogP contribution in [0.4, 0.5) is 0 Å². The summed E-state index contributed by atoms with van der Waals surface area (Å²) in [7, 11) is 0. The van der Waals surface area contributed by atoms with Gasteiger partial charge in [0.25, 0.3) is 0 Å². The van der Waals surface area contributed by atoms with Gasteiger partial charge in [0.15, 0.2) is 0 Å². The summed E-state index contributed by atoms with van der Waals surface area (Å²) < 4.78 is 0. The summed E-state index contributed by atoms with van der Waals surface area (Å²) in [6, 6.07) is 7.74. The lowest BCUT2D eigenvalue weighted by Gasteiger charge is -2.32. The zero-order chi connectivity index (χ0) is 13.1. The number of aliphatic carboxylic acids is 1. The smallest absolute Gasteiger partial charge is 0.306 e. The van der Waals surface area contributed by atoms with Crippen molar-refractivity contribution in [1.29, 1.82) is 0 Å². The monoisotopic (exact) mass is 266 g/mol. The third kappa shape index (κ3) is 3.05. The molecule has 3 atom stereocenters. The molecule has 1 aliphatic rings. The van der Waals surface area contributed by atoms with Crippen LogP contribution in [0.25, 0.3) is 0 Å². The number of rotatable bonds is 3. The zero-order valence-electron chi connectivity index (χ0n) is 10.6. The van der Waals surface area contributed by atoms with Crippen LogP contribution in [0, 0.1) is 17.8 Å². The number of halogens is 1. The first-order valence-electron chi connectivity index (χ1n) is 6.54. The van der Waals surface area contributed by atoms with E-state index in [1.807, 2.05) is 24.3 Å². The van der Waals surface area contributed by atoms with E-state index in [0.717, 1.165) is 36.3 Å². The van der Waals surface area contributed by atoms with Gasteiger partial charge in [-0.3, -0.25) is 4.79 Å². The highest BCUT2D eigenvalue weighted by Crippen LogP contribution is 2.36. The molecule has 2 nitrogen and oxygen atoms in total.